The van der Waals surface area contributed by atoms with Gasteiger partial charge in [0.15, 0.2) is 0 Å². The summed E-state index contributed by atoms with van der Waals surface area (Å²) in [5, 5.41) is 9.82. The molecule has 0 bridgehead atoms. The summed E-state index contributed by atoms with van der Waals surface area (Å²) in [5.74, 6) is -1.21. The van der Waals surface area contributed by atoms with Crippen LogP contribution >= 0.6 is 0 Å². The summed E-state index contributed by atoms with van der Waals surface area (Å²) in [7, 11) is 0. The summed E-state index contributed by atoms with van der Waals surface area (Å²) in [6.45, 7) is 6.00. The molecular formula is C12H17F3N2O. The molecule has 0 aromatic carbocycles. The van der Waals surface area contributed by atoms with E-state index in [0.29, 0.717) is 12.8 Å². The lowest BCUT2D eigenvalue weighted by atomic mass is 9.89. The Hall–Kier alpha value is -1.17. The number of hydrogen-bond acceptors (Lipinski definition) is 3. The largest absolute Gasteiger partial charge is 0.451 e. The molecule has 0 unspecified atom stereocenters. The fourth-order valence-corrected chi connectivity index (χ4v) is 1.41. The minimum atomic E-state index is -4.58. The van der Waals surface area contributed by atoms with Crippen LogP contribution in [0.1, 0.15) is 51.2 Å². The standard InChI is InChI=1S/C12H17F3N2O/c1-11(2,3)6-4-9(18)8-5-7-16-10(17-8)12(13,14)15/h5,7,9,18H,4,6H2,1-3H3/t9-/m0/s1. The molecule has 6 heteroatoms. The van der Waals surface area contributed by atoms with Gasteiger partial charge >= 0.3 is 6.18 Å². The zero-order valence-corrected chi connectivity index (χ0v) is 10.6. The van der Waals surface area contributed by atoms with Gasteiger partial charge in [-0.05, 0) is 24.3 Å². The van der Waals surface area contributed by atoms with Gasteiger partial charge in [0.1, 0.15) is 0 Å². The van der Waals surface area contributed by atoms with E-state index in [4.69, 9.17) is 0 Å². The Kier molecular flexibility index (Phi) is 4.32. The molecule has 0 aliphatic rings. The van der Waals surface area contributed by atoms with Crippen LogP contribution in [-0.2, 0) is 6.18 Å². The molecule has 0 aliphatic heterocycles. The number of aliphatic hydroxyl groups excluding tert-OH is 1. The number of aromatic nitrogens is 2. The highest BCUT2D eigenvalue weighted by Gasteiger charge is 2.35. The molecule has 1 rings (SSSR count). The third kappa shape index (κ3) is 4.60. The molecule has 1 aromatic heterocycles. The van der Waals surface area contributed by atoms with E-state index in [2.05, 4.69) is 9.97 Å². The van der Waals surface area contributed by atoms with Gasteiger partial charge in [0, 0.05) is 6.20 Å². The van der Waals surface area contributed by atoms with Crippen LogP contribution in [0, 0.1) is 5.41 Å². The topological polar surface area (TPSA) is 46.0 Å². The summed E-state index contributed by atoms with van der Waals surface area (Å²) < 4.78 is 37.2. The Balaban J connectivity index is 2.78. The Morgan fingerprint density at radius 1 is 1.28 bits per heavy atom. The Bertz CT molecular complexity index is 399. The van der Waals surface area contributed by atoms with Crippen molar-refractivity contribution < 1.29 is 18.3 Å². The predicted molar refractivity (Wildman–Crippen MR) is 60.7 cm³/mol. The number of halogens is 3. The van der Waals surface area contributed by atoms with Crippen molar-refractivity contribution in [1.82, 2.24) is 9.97 Å². The number of aliphatic hydroxyl groups is 1. The van der Waals surface area contributed by atoms with E-state index in [0.717, 1.165) is 6.20 Å². The number of alkyl halides is 3. The summed E-state index contributed by atoms with van der Waals surface area (Å²) >= 11 is 0. The van der Waals surface area contributed by atoms with Gasteiger partial charge < -0.3 is 5.11 Å². The van der Waals surface area contributed by atoms with Gasteiger partial charge in [0.25, 0.3) is 0 Å². The molecule has 1 atom stereocenters. The van der Waals surface area contributed by atoms with E-state index >= 15 is 0 Å². The molecule has 1 aromatic rings. The minimum absolute atomic E-state index is 0.0147. The fourth-order valence-electron chi connectivity index (χ4n) is 1.41. The van der Waals surface area contributed by atoms with Crippen molar-refractivity contribution in [3.63, 3.8) is 0 Å². The van der Waals surface area contributed by atoms with Crippen molar-refractivity contribution in [2.24, 2.45) is 5.41 Å². The first-order chi connectivity index (χ1) is 8.09. The molecular weight excluding hydrogens is 245 g/mol. The summed E-state index contributed by atoms with van der Waals surface area (Å²) in [4.78, 5) is 6.51. The maximum atomic E-state index is 12.4. The maximum Gasteiger partial charge on any atom is 0.451 e. The molecule has 3 nitrogen and oxygen atoms in total. The highest BCUT2D eigenvalue weighted by molar-refractivity contribution is 5.07. The predicted octanol–water partition coefficient (Wildman–Crippen LogP) is 3.36. The molecule has 102 valence electrons. The van der Waals surface area contributed by atoms with Crippen LogP contribution in [0.3, 0.4) is 0 Å². The zero-order valence-electron chi connectivity index (χ0n) is 10.6. The molecule has 0 saturated heterocycles. The van der Waals surface area contributed by atoms with E-state index in [9.17, 15) is 18.3 Å². The van der Waals surface area contributed by atoms with Crippen molar-refractivity contribution in [2.45, 2.75) is 45.9 Å². The lowest BCUT2D eigenvalue weighted by Crippen LogP contribution is -2.14. The molecule has 0 fully saturated rings. The molecule has 0 aliphatic carbocycles. The lowest BCUT2D eigenvalue weighted by Gasteiger charge is -2.20. The number of rotatable bonds is 3. The third-order valence-corrected chi connectivity index (χ3v) is 2.44. The highest BCUT2D eigenvalue weighted by atomic mass is 19.4. The first kappa shape index (κ1) is 14.9. The van der Waals surface area contributed by atoms with Crippen LogP contribution < -0.4 is 0 Å². The van der Waals surface area contributed by atoms with E-state index in [-0.39, 0.29) is 11.1 Å². The van der Waals surface area contributed by atoms with Crippen LogP contribution in [0.25, 0.3) is 0 Å². The Morgan fingerprint density at radius 3 is 2.39 bits per heavy atom. The van der Waals surface area contributed by atoms with E-state index in [1.54, 1.807) is 0 Å². The fraction of sp³-hybridized carbons (Fsp3) is 0.667. The molecule has 18 heavy (non-hydrogen) atoms. The van der Waals surface area contributed by atoms with E-state index in [1.807, 2.05) is 20.8 Å². The number of hydrogen-bond donors (Lipinski definition) is 1. The van der Waals surface area contributed by atoms with Crippen molar-refractivity contribution >= 4 is 0 Å². The van der Waals surface area contributed by atoms with Crippen LogP contribution in [0.5, 0.6) is 0 Å². The molecule has 0 spiro atoms. The van der Waals surface area contributed by atoms with Crippen molar-refractivity contribution in [2.75, 3.05) is 0 Å². The van der Waals surface area contributed by atoms with Gasteiger partial charge in [-0.2, -0.15) is 13.2 Å². The van der Waals surface area contributed by atoms with Gasteiger partial charge in [-0.15, -0.1) is 0 Å². The van der Waals surface area contributed by atoms with Crippen LogP contribution in [0.15, 0.2) is 12.3 Å². The molecule has 0 saturated carbocycles. The SMILES string of the molecule is CC(C)(C)CC[C@H](O)c1ccnc(C(F)(F)F)n1. The van der Waals surface area contributed by atoms with Crippen LogP contribution in [0.2, 0.25) is 0 Å². The second-order valence-corrected chi connectivity index (χ2v) is 5.42. The third-order valence-electron chi connectivity index (χ3n) is 2.44. The molecule has 1 N–H and O–H groups in total. The quantitative estimate of drug-likeness (QED) is 0.908. The number of nitrogens with zero attached hydrogens (tertiary/aromatic N) is 2. The van der Waals surface area contributed by atoms with Crippen LogP contribution in [0.4, 0.5) is 13.2 Å². The van der Waals surface area contributed by atoms with Crippen molar-refractivity contribution in [3.8, 4) is 0 Å². The highest BCUT2D eigenvalue weighted by Crippen LogP contribution is 2.29. The second-order valence-electron chi connectivity index (χ2n) is 5.42. The minimum Gasteiger partial charge on any atom is -0.387 e. The van der Waals surface area contributed by atoms with Gasteiger partial charge in [-0.1, -0.05) is 20.8 Å². The molecule has 0 radical (unpaired) electrons. The smallest absolute Gasteiger partial charge is 0.387 e. The normalized spacial score (nSPS) is 14.6. The summed E-state index contributed by atoms with van der Waals surface area (Å²) in [6, 6.07) is 1.31. The first-order valence-corrected chi connectivity index (χ1v) is 5.68. The monoisotopic (exact) mass is 262 g/mol. The van der Waals surface area contributed by atoms with Gasteiger partial charge in [-0.3, -0.25) is 0 Å². The zero-order chi connectivity index (χ0) is 14.0. The van der Waals surface area contributed by atoms with Crippen molar-refractivity contribution in [3.05, 3.63) is 23.8 Å². The van der Waals surface area contributed by atoms with Gasteiger partial charge in [0.05, 0.1) is 11.8 Å². The van der Waals surface area contributed by atoms with Crippen molar-refractivity contribution in [1.29, 1.82) is 0 Å². The first-order valence-electron chi connectivity index (χ1n) is 5.68. The van der Waals surface area contributed by atoms with E-state index < -0.39 is 18.1 Å². The maximum absolute atomic E-state index is 12.4. The average molecular weight is 262 g/mol. The molecule has 0 amide bonds. The average Bonchev–Trinajstić information content (AvgIpc) is 2.24. The Morgan fingerprint density at radius 2 is 1.89 bits per heavy atom. The van der Waals surface area contributed by atoms with Crippen LogP contribution in [-0.4, -0.2) is 15.1 Å². The van der Waals surface area contributed by atoms with Gasteiger partial charge in [0.2, 0.25) is 5.82 Å². The Labute approximate surface area is 104 Å². The lowest BCUT2D eigenvalue weighted by molar-refractivity contribution is -0.145. The van der Waals surface area contributed by atoms with E-state index in [1.165, 1.54) is 6.07 Å². The second kappa shape index (κ2) is 5.22. The summed E-state index contributed by atoms with van der Waals surface area (Å²) in [5.41, 5.74) is 0.0301. The molecule has 1 heterocycles. The van der Waals surface area contributed by atoms with Gasteiger partial charge in [-0.25, -0.2) is 9.97 Å². The summed E-state index contributed by atoms with van der Waals surface area (Å²) in [6.07, 6.45) is -3.49.